The van der Waals surface area contributed by atoms with Gasteiger partial charge in [0.15, 0.2) is 0 Å². The number of likely N-dealkylation sites (N-methyl/N-ethyl adjacent to an activating group) is 1. The molecule has 0 amide bonds. The van der Waals surface area contributed by atoms with E-state index in [9.17, 15) is 14.3 Å². The highest BCUT2D eigenvalue weighted by atomic mass is 31.2. The van der Waals surface area contributed by atoms with Crippen LogP contribution in [0.2, 0.25) is 0 Å². The standard InChI is InChI=1S/C58H96NO7P/c1-6-8-10-12-14-16-18-20-22-24-26-28-30-31-33-35-37-39-41-43-45-47-49-51-58(60)66-57(56-65-67(61,62)64-54-52-59(3,4)5)55-63-53-50-48-46-44-42-40-38-36-34-32-29-27-25-23-21-19-17-15-13-11-9-7-2/h8-11,14-17,20-23,26-29,31,33,37,39,43,45,57H,6-7,12-13,18-19,24-25,30,32,34-36,38,40-42,44,46-56H2,1-5H3/b10-8-,11-9-,16-14-,17-15-,22-20-,23-21-,28-26-,29-27-,33-31-,39-37-,45-43-. The van der Waals surface area contributed by atoms with Crippen molar-refractivity contribution in [3.8, 4) is 0 Å². The van der Waals surface area contributed by atoms with E-state index in [2.05, 4.69) is 148 Å². The molecule has 0 saturated heterocycles. The van der Waals surface area contributed by atoms with Gasteiger partial charge in [0, 0.05) is 13.0 Å². The molecule has 0 N–H and O–H groups in total. The predicted octanol–water partition coefficient (Wildman–Crippen LogP) is 15.6. The third kappa shape index (κ3) is 53.5. The van der Waals surface area contributed by atoms with E-state index in [1.807, 2.05) is 21.1 Å². The van der Waals surface area contributed by atoms with Crippen molar-refractivity contribution in [1.82, 2.24) is 0 Å². The Labute approximate surface area is 411 Å². The third-order valence-corrected chi connectivity index (χ3v) is 11.2. The van der Waals surface area contributed by atoms with Crippen LogP contribution in [-0.2, 0) is 27.9 Å². The molecule has 0 aliphatic rings. The first kappa shape index (κ1) is 63.6. The molecule has 0 aliphatic heterocycles. The number of carbonyl (C=O) groups is 1. The van der Waals surface area contributed by atoms with Crippen LogP contribution in [0.1, 0.15) is 168 Å². The van der Waals surface area contributed by atoms with Gasteiger partial charge in [-0.15, -0.1) is 0 Å². The van der Waals surface area contributed by atoms with Crippen LogP contribution < -0.4 is 4.89 Å². The van der Waals surface area contributed by atoms with E-state index in [1.165, 1.54) is 38.5 Å². The minimum Gasteiger partial charge on any atom is -0.756 e. The van der Waals surface area contributed by atoms with E-state index in [-0.39, 0.29) is 26.2 Å². The molecule has 0 aromatic heterocycles. The maximum atomic E-state index is 12.7. The van der Waals surface area contributed by atoms with Crippen LogP contribution >= 0.6 is 7.82 Å². The van der Waals surface area contributed by atoms with Crippen LogP contribution in [0.5, 0.6) is 0 Å². The lowest BCUT2D eigenvalue weighted by atomic mass is 10.1. The highest BCUT2D eigenvalue weighted by Crippen LogP contribution is 2.38. The number of ether oxygens (including phenoxy) is 2. The number of allylic oxidation sites excluding steroid dienone is 22. The molecule has 0 aromatic carbocycles. The Morgan fingerprint density at radius 2 is 0.821 bits per heavy atom. The summed E-state index contributed by atoms with van der Waals surface area (Å²) in [5, 5.41) is 0. The van der Waals surface area contributed by atoms with E-state index in [0.717, 1.165) is 103 Å². The van der Waals surface area contributed by atoms with Crippen molar-refractivity contribution in [3.05, 3.63) is 134 Å². The zero-order valence-electron chi connectivity index (χ0n) is 43.0. The highest BCUT2D eigenvalue weighted by molar-refractivity contribution is 7.45. The first-order valence-electron chi connectivity index (χ1n) is 25.9. The molecule has 0 saturated carbocycles. The number of phosphoric acid groups is 1. The molecule has 0 heterocycles. The number of nitrogens with zero attached hydrogens (tertiary/aromatic N) is 1. The normalized spacial score (nSPS) is 14.7. The van der Waals surface area contributed by atoms with Gasteiger partial charge in [0.2, 0.25) is 0 Å². The van der Waals surface area contributed by atoms with E-state index < -0.39 is 19.9 Å². The summed E-state index contributed by atoms with van der Waals surface area (Å²) in [5.41, 5.74) is 0. The molecule has 0 aromatic rings. The van der Waals surface area contributed by atoms with Gasteiger partial charge in [-0.1, -0.05) is 192 Å². The lowest BCUT2D eigenvalue weighted by molar-refractivity contribution is -0.870. The van der Waals surface area contributed by atoms with Gasteiger partial charge < -0.3 is 27.9 Å². The Kier molecular flexibility index (Phi) is 46.6. The molecule has 8 nitrogen and oxygen atoms in total. The van der Waals surface area contributed by atoms with Crippen molar-refractivity contribution in [2.45, 2.75) is 174 Å². The van der Waals surface area contributed by atoms with Crippen LogP contribution in [0.3, 0.4) is 0 Å². The summed E-state index contributed by atoms with van der Waals surface area (Å²) >= 11 is 0. The zero-order chi connectivity index (χ0) is 49.0. The molecule has 0 spiro atoms. The SMILES string of the molecule is CC/C=C\C/C=C\C/C=C\C/C=C\C/C=C\C/C=C\C/C=C\CCCC(=O)OC(COCCCCCCCCCCC/C=C\C/C=C\C/C=C\C/C=C\CC)COP(=O)([O-])OCC[N+](C)(C)C. The van der Waals surface area contributed by atoms with Crippen LogP contribution in [0.25, 0.3) is 0 Å². The quantitative estimate of drug-likeness (QED) is 0.0197. The van der Waals surface area contributed by atoms with Gasteiger partial charge in [-0.25, -0.2) is 0 Å². The Morgan fingerprint density at radius 3 is 1.22 bits per heavy atom. The maximum absolute atomic E-state index is 12.7. The van der Waals surface area contributed by atoms with E-state index in [4.69, 9.17) is 18.5 Å². The van der Waals surface area contributed by atoms with Crippen LogP contribution in [-0.4, -0.2) is 70.7 Å². The lowest BCUT2D eigenvalue weighted by Crippen LogP contribution is -2.37. The number of quaternary nitrogens is 1. The van der Waals surface area contributed by atoms with Crippen LogP contribution in [0, 0.1) is 0 Å². The Hall–Kier alpha value is -3.36. The zero-order valence-corrected chi connectivity index (χ0v) is 43.9. The van der Waals surface area contributed by atoms with Gasteiger partial charge in [0.25, 0.3) is 7.82 Å². The molecular formula is C58H96NO7P. The molecule has 2 atom stereocenters. The fraction of sp³-hybridized carbons (Fsp3) is 0.603. The Bertz CT molecular complexity index is 1520. The van der Waals surface area contributed by atoms with Crippen LogP contribution in [0.4, 0.5) is 0 Å². The van der Waals surface area contributed by atoms with E-state index in [0.29, 0.717) is 24.1 Å². The van der Waals surface area contributed by atoms with Gasteiger partial charge in [0.1, 0.15) is 19.3 Å². The molecule has 380 valence electrons. The molecule has 9 heteroatoms. The molecule has 0 fully saturated rings. The second-order valence-electron chi connectivity index (χ2n) is 17.8. The molecule has 67 heavy (non-hydrogen) atoms. The van der Waals surface area contributed by atoms with E-state index in [1.54, 1.807) is 0 Å². The summed E-state index contributed by atoms with van der Waals surface area (Å²) in [6, 6.07) is 0. The van der Waals surface area contributed by atoms with Crippen molar-refractivity contribution >= 4 is 13.8 Å². The van der Waals surface area contributed by atoms with Crippen molar-refractivity contribution in [2.75, 3.05) is 54.1 Å². The lowest BCUT2D eigenvalue weighted by Gasteiger charge is -2.28. The fourth-order valence-electron chi connectivity index (χ4n) is 6.29. The van der Waals surface area contributed by atoms with Crippen molar-refractivity contribution in [3.63, 3.8) is 0 Å². The molecule has 0 bridgehead atoms. The monoisotopic (exact) mass is 950 g/mol. The Morgan fingerprint density at radius 1 is 0.463 bits per heavy atom. The maximum Gasteiger partial charge on any atom is 0.306 e. The topological polar surface area (TPSA) is 94.1 Å². The summed E-state index contributed by atoms with van der Waals surface area (Å²) in [6.45, 7) is 5.06. The number of carbonyl (C=O) groups excluding carboxylic acids is 1. The minimum absolute atomic E-state index is 0.00548. The second-order valence-corrected chi connectivity index (χ2v) is 19.2. The molecule has 2 unspecified atom stereocenters. The number of esters is 1. The highest BCUT2D eigenvalue weighted by Gasteiger charge is 2.20. The van der Waals surface area contributed by atoms with Crippen molar-refractivity contribution in [2.24, 2.45) is 0 Å². The Balaban J connectivity index is 4.30. The van der Waals surface area contributed by atoms with Gasteiger partial charge in [-0.05, 0) is 103 Å². The molecular weight excluding hydrogens is 854 g/mol. The average Bonchev–Trinajstić information content (AvgIpc) is 3.29. The first-order chi connectivity index (χ1) is 32.6. The smallest absolute Gasteiger partial charge is 0.306 e. The predicted molar refractivity (Wildman–Crippen MR) is 286 cm³/mol. The fourth-order valence-corrected chi connectivity index (χ4v) is 7.02. The number of phosphoric ester groups is 1. The number of unbranched alkanes of at least 4 members (excludes halogenated alkanes) is 10. The summed E-state index contributed by atoms with van der Waals surface area (Å²) in [5.74, 6) is -0.399. The molecule has 0 rings (SSSR count). The summed E-state index contributed by atoms with van der Waals surface area (Å²) in [4.78, 5) is 25.2. The first-order valence-corrected chi connectivity index (χ1v) is 27.4. The van der Waals surface area contributed by atoms with E-state index >= 15 is 0 Å². The third-order valence-electron chi connectivity index (χ3n) is 10.2. The van der Waals surface area contributed by atoms with Gasteiger partial charge in [-0.2, -0.15) is 0 Å². The average molecular weight is 950 g/mol. The molecule has 0 radical (unpaired) electrons. The number of hydrogen-bond donors (Lipinski definition) is 0. The van der Waals surface area contributed by atoms with Crippen molar-refractivity contribution < 1.29 is 37.3 Å². The largest absolute Gasteiger partial charge is 0.756 e. The summed E-state index contributed by atoms with van der Waals surface area (Å²) < 4.78 is 34.7. The number of hydrogen-bond acceptors (Lipinski definition) is 7. The summed E-state index contributed by atoms with van der Waals surface area (Å²) in [6.07, 6.45) is 72.0. The molecule has 0 aliphatic carbocycles. The van der Waals surface area contributed by atoms with Crippen molar-refractivity contribution in [1.29, 1.82) is 0 Å². The van der Waals surface area contributed by atoms with Gasteiger partial charge in [0.05, 0.1) is 34.4 Å². The van der Waals surface area contributed by atoms with Crippen LogP contribution in [0.15, 0.2) is 134 Å². The van der Waals surface area contributed by atoms with Gasteiger partial charge in [-0.3, -0.25) is 9.36 Å². The summed E-state index contributed by atoms with van der Waals surface area (Å²) in [7, 11) is 1.29. The minimum atomic E-state index is -4.56. The number of rotatable bonds is 46. The second kappa shape index (κ2) is 49.1. The van der Waals surface area contributed by atoms with Gasteiger partial charge >= 0.3 is 5.97 Å².